The third kappa shape index (κ3) is 3.75. The van der Waals surface area contributed by atoms with E-state index in [0.717, 1.165) is 19.6 Å². The fraction of sp³-hybridized carbons (Fsp3) is 0.714. The highest BCUT2D eigenvalue weighted by molar-refractivity contribution is 5.92. The van der Waals surface area contributed by atoms with Gasteiger partial charge in [0.15, 0.2) is 5.96 Å². The molecule has 0 aromatic carbocycles. The Labute approximate surface area is 76.8 Å². The van der Waals surface area contributed by atoms with Gasteiger partial charge in [-0.3, -0.25) is 4.99 Å². The second-order valence-corrected chi connectivity index (χ2v) is 2.97. The highest BCUT2D eigenvalue weighted by Crippen LogP contribution is 2.11. The van der Waals surface area contributed by atoms with Crippen LogP contribution in [0, 0.1) is 5.92 Å². The summed E-state index contributed by atoms with van der Waals surface area (Å²) in [5.41, 5.74) is 15.7. The van der Waals surface area contributed by atoms with Gasteiger partial charge in [0.05, 0.1) is 6.61 Å². The standard InChI is InChI=1S/C7H15N5O/c8-6(9)12-7(10)11-3-5-1-2-13-4-5/h5H,1-4H2,(H6,8,9,10,11,12). The Morgan fingerprint density at radius 1 is 1.38 bits per heavy atom. The molecular formula is C7H15N5O. The van der Waals surface area contributed by atoms with Crippen molar-refractivity contribution in [3.63, 3.8) is 0 Å². The minimum atomic E-state index is -0.0658. The van der Waals surface area contributed by atoms with Crippen molar-refractivity contribution in [2.24, 2.45) is 33.1 Å². The summed E-state index contributed by atoms with van der Waals surface area (Å²) in [7, 11) is 0. The van der Waals surface area contributed by atoms with E-state index in [2.05, 4.69) is 9.98 Å². The fourth-order valence-corrected chi connectivity index (χ4v) is 1.12. The quantitative estimate of drug-likeness (QED) is 0.363. The van der Waals surface area contributed by atoms with Crippen LogP contribution in [0.2, 0.25) is 0 Å². The van der Waals surface area contributed by atoms with Crippen LogP contribution in [0.25, 0.3) is 0 Å². The van der Waals surface area contributed by atoms with Gasteiger partial charge >= 0.3 is 0 Å². The lowest BCUT2D eigenvalue weighted by Gasteiger charge is -2.01. The predicted octanol–water partition coefficient (Wildman–Crippen LogP) is -1.39. The molecule has 6 N–H and O–H groups in total. The molecule has 1 rings (SSSR count). The van der Waals surface area contributed by atoms with Gasteiger partial charge in [-0.15, -0.1) is 0 Å². The Morgan fingerprint density at radius 2 is 2.15 bits per heavy atom. The summed E-state index contributed by atoms with van der Waals surface area (Å²) in [6, 6.07) is 0. The van der Waals surface area contributed by atoms with E-state index in [1.807, 2.05) is 0 Å². The van der Waals surface area contributed by atoms with Crippen LogP contribution in [0.1, 0.15) is 6.42 Å². The number of nitrogens with zero attached hydrogens (tertiary/aromatic N) is 2. The molecule has 1 aliphatic heterocycles. The van der Waals surface area contributed by atoms with Crippen molar-refractivity contribution >= 4 is 11.9 Å². The van der Waals surface area contributed by atoms with E-state index in [-0.39, 0.29) is 11.9 Å². The number of guanidine groups is 2. The SMILES string of the molecule is NC(N)=NC(N)=NCC1CCOC1. The second-order valence-electron chi connectivity index (χ2n) is 2.97. The van der Waals surface area contributed by atoms with Crippen LogP contribution >= 0.6 is 0 Å². The molecule has 0 radical (unpaired) electrons. The fourth-order valence-electron chi connectivity index (χ4n) is 1.12. The lowest BCUT2D eigenvalue weighted by atomic mass is 10.1. The minimum absolute atomic E-state index is 0.0658. The number of ether oxygens (including phenoxy) is 1. The van der Waals surface area contributed by atoms with Crippen LogP contribution in [0.3, 0.4) is 0 Å². The van der Waals surface area contributed by atoms with Gasteiger partial charge in [-0.25, -0.2) is 0 Å². The number of hydrogen-bond acceptors (Lipinski definition) is 2. The van der Waals surface area contributed by atoms with Crippen LogP contribution in [0.15, 0.2) is 9.98 Å². The van der Waals surface area contributed by atoms with Crippen molar-refractivity contribution in [3.8, 4) is 0 Å². The first kappa shape index (κ1) is 9.79. The first-order valence-corrected chi connectivity index (χ1v) is 4.16. The molecule has 0 aliphatic carbocycles. The van der Waals surface area contributed by atoms with Gasteiger partial charge in [0.25, 0.3) is 0 Å². The maximum atomic E-state index is 5.41. The largest absolute Gasteiger partial charge is 0.381 e. The molecule has 6 heteroatoms. The third-order valence-electron chi connectivity index (χ3n) is 1.78. The lowest BCUT2D eigenvalue weighted by Crippen LogP contribution is -2.26. The molecule has 0 spiro atoms. The van der Waals surface area contributed by atoms with Crippen LogP contribution in [0.5, 0.6) is 0 Å². The molecule has 1 fully saturated rings. The zero-order valence-corrected chi connectivity index (χ0v) is 7.44. The van der Waals surface area contributed by atoms with Crippen molar-refractivity contribution in [1.82, 2.24) is 0 Å². The monoisotopic (exact) mass is 185 g/mol. The van der Waals surface area contributed by atoms with Gasteiger partial charge < -0.3 is 21.9 Å². The first-order chi connectivity index (χ1) is 6.18. The van der Waals surface area contributed by atoms with E-state index in [4.69, 9.17) is 21.9 Å². The number of hydrogen-bond donors (Lipinski definition) is 3. The van der Waals surface area contributed by atoms with Crippen molar-refractivity contribution < 1.29 is 4.74 Å². The molecule has 0 saturated carbocycles. The molecule has 1 atom stereocenters. The summed E-state index contributed by atoms with van der Waals surface area (Å²) < 4.78 is 5.18. The van der Waals surface area contributed by atoms with Crippen molar-refractivity contribution in [1.29, 1.82) is 0 Å². The number of rotatable bonds is 2. The zero-order chi connectivity index (χ0) is 9.68. The lowest BCUT2D eigenvalue weighted by molar-refractivity contribution is 0.187. The Hall–Kier alpha value is -1.30. The molecule has 74 valence electrons. The van der Waals surface area contributed by atoms with Crippen LogP contribution in [0.4, 0.5) is 0 Å². The van der Waals surface area contributed by atoms with E-state index >= 15 is 0 Å². The average molecular weight is 185 g/mol. The van der Waals surface area contributed by atoms with Gasteiger partial charge in [-0.1, -0.05) is 0 Å². The topological polar surface area (TPSA) is 112 Å². The average Bonchev–Trinajstić information content (AvgIpc) is 2.51. The van der Waals surface area contributed by atoms with Crippen molar-refractivity contribution in [2.45, 2.75) is 6.42 Å². The summed E-state index contributed by atoms with van der Waals surface area (Å²) in [6.45, 7) is 2.18. The number of aliphatic imine (C=N–C) groups is 2. The molecule has 1 aliphatic rings. The van der Waals surface area contributed by atoms with E-state index < -0.39 is 0 Å². The molecule has 13 heavy (non-hydrogen) atoms. The van der Waals surface area contributed by atoms with Gasteiger partial charge in [-0.2, -0.15) is 4.99 Å². The minimum Gasteiger partial charge on any atom is -0.381 e. The third-order valence-corrected chi connectivity index (χ3v) is 1.78. The maximum absolute atomic E-state index is 5.41. The summed E-state index contributed by atoms with van der Waals surface area (Å²) >= 11 is 0. The van der Waals surface area contributed by atoms with Crippen molar-refractivity contribution in [2.75, 3.05) is 19.8 Å². The Morgan fingerprint density at radius 3 is 2.69 bits per heavy atom. The molecule has 1 saturated heterocycles. The molecule has 1 heterocycles. The molecule has 6 nitrogen and oxygen atoms in total. The summed E-state index contributed by atoms with van der Waals surface area (Å²) in [5, 5.41) is 0. The molecule has 0 bridgehead atoms. The van der Waals surface area contributed by atoms with Gasteiger partial charge in [0.1, 0.15) is 0 Å². The van der Waals surface area contributed by atoms with Crippen LogP contribution in [-0.2, 0) is 4.74 Å². The molecule has 1 unspecified atom stereocenters. The molecular weight excluding hydrogens is 170 g/mol. The van der Waals surface area contributed by atoms with Gasteiger partial charge in [0.2, 0.25) is 5.96 Å². The van der Waals surface area contributed by atoms with E-state index in [1.165, 1.54) is 0 Å². The molecule has 0 aromatic rings. The smallest absolute Gasteiger partial charge is 0.218 e. The summed E-state index contributed by atoms with van der Waals surface area (Å²) in [6.07, 6.45) is 1.03. The van der Waals surface area contributed by atoms with Gasteiger partial charge in [-0.05, 0) is 6.42 Å². The molecule has 0 aromatic heterocycles. The first-order valence-electron chi connectivity index (χ1n) is 4.16. The van der Waals surface area contributed by atoms with Gasteiger partial charge in [0, 0.05) is 19.1 Å². The highest BCUT2D eigenvalue weighted by atomic mass is 16.5. The second kappa shape index (κ2) is 4.66. The predicted molar refractivity (Wildman–Crippen MR) is 51.2 cm³/mol. The van der Waals surface area contributed by atoms with Crippen LogP contribution in [-0.4, -0.2) is 31.7 Å². The van der Waals surface area contributed by atoms with E-state index in [9.17, 15) is 0 Å². The Kier molecular flexibility index (Phi) is 3.51. The van der Waals surface area contributed by atoms with Crippen molar-refractivity contribution in [3.05, 3.63) is 0 Å². The molecule has 0 amide bonds. The normalized spacial score (nSPS) is 23.1. The Bertz CT molecular complexity index is 215. The summed E-state index contributed by atoms with van der Waals surface area (Å²) in [4.78, 5) is 7.61. The number of nitrogens with two attached hydrogens (primary N) is 3. The zero-order valence-electron chi connectivity index (χ0n) is 7.44. The van der Waals surface area contributed by atoms with E-state index in [0.29, 0.717) is 12.5 Å². The Balaban J connectivity index is 2.33. The summed E-state index contributed by atoms with van der Waals surface area (Å²) in [5.74, 6) is 0.517. The van der Waals surface area contributed by atoms with Crippen LogP contribution < -0.4 is 17.2 Å². The van der Waals surface area contributed by atoms with E-state index in [1.54, 1.807) is 0 Å². The maximum Gasteiger partial charge on any atom is 0.218 e. The highest BCUT2D eigenvalue weighted by Gasteiger charge is 2.14.